The molecule has 1 heterocycles. The number of hydrogen-bond acceptors (Lipinski definition) is 3. The van der Waals surface area contributed by atoms with Crippen molar-refractivity contribution in [3.8, 4) is 0 Å². The molecule has 7 heteroatoms. The number of rotatable bonds is 2. The van der Waals surface area contributed by atoms with Crippen molar-refractivity contribution in [1.29, 1.82) is 0 Å². The molecule has 0 atom stereocenters. The second kappa shape index (κ2) is 4.68. The van der Waals surface area contributed by atoms with E-state index in [0.717, 1.165) is 31.7 Å². The van der Waals surface area contributed by atoms with Gasteiger partial charge < -0.3 is 5.32 Å². The van der Waals surface area contributed by atoms with Crippen LogP contribution in [0.4, 0.5) is 19.0 Å². The first-order chi connectivity index (χ1) is 7.95. The highest BCUT2D eigenvalue weighted by Gasteiger charge is 2.33. The first-order valence-electron chi connectivity index (χ1n) is 5.33. The highest BCUT2D eigenvalue weighted by atomic mass is 35.5. The van der Waals surface area contributed by atoms with Gasteiger partial charge in [-0.25, -0.2) is 9.97 Å². The molecule has 0 amide bonds. The molecule has 1 N–H and O–H groups in total. The van der Waals surface area contributed by atoms with E-state index in [1.807, 2.05) is 0 Å². The quantitative estimate of drug-likeness (QED) is 0.832. The molecule has 2 rings (SSSR count). The molecule has 0 spiro atoms. The molecule has 17 heavy (non-hydrogen) atoms. The molecule has 1 fully saturated rings. The van der Waals surface area contributed by atoms with Crippen molar-refractivity contribution in [2.75, 3.05) is 5.32 Å². The van der Waals surface area contributed by atoms with Crippen LogP contribution in [0.3, 0.4) is 0 Å². The maximum atomic E-state index is 12.5. The second-order valence-electron chi connectivity index (χ2n) is 4.03. The maximum absolute atomic E-state index is 12.5. The van der Waals surface area contributed by atoms with E-state index in [0.29, 0.717) is 0 Å². The first-order valence-corrected chi connectivity index (χ1v) is 5.71. The zero-order valence-electron chi connectivity index (χ0n) is 8.89. The minimum atomic E-state index is -4.50. The lowest BCUT2D eigenvalue weighted by atomic mass is 10.2. The average molecular weight is 266 g/mol. The average Bonchev–Trinajstić information content (AvgIpc) is 2.68. The largest absolute Gasteiger partial charge is 0.433 e. The van der Waals surface area contributed by atoms with Crippen molar-refractivity contribution in [2.24, 2.45) is 0 Å². The number of alkyl halides is 3. The van der Waals surface area contributed by atoms with E-state index in [9.17, 15) is 13.2 Å². The van der Waals surface area contributed by atoms with Crippen LogP contribution in [0, 0.1) is 0 Å². The van der Waals surface area contributed by atoms with E-state index in [1.165, 1.54) is 0 Å². The molecule has 1 saturated carbocycles. The summed E-state index contributed by atoms with van der Waals surface area (Å²) in [5.74, 6) is 0.143. The lowest BCUT2D eigenvalue weighted by molar-refractivity contribution is -0.141. The summed E-state index contributed by atoms with van der Waals surface area (Å²) in [5, 5.41) is 2.57. The Hall–Kier alpha value is -1.04. The van der Waals surface area contributed by atoms with E-state index in [-0.39, 0.29) is 17.1 Å². The van der Waals surface area contributed by atoms with Gasteiger partial charge >= 0.3 is 6.18 Å². The smallest absolute Gasteiger partial charge is 0.367 e. The monoisotopic (exact) mass is 265 g/mol. The van der Waals surface area contributed by atoms with E-state index in [1.54, 1.807) is 0 Å². The third-order valence-corrected chi connectivity index (χ3v) is 2.87. The Bertz CT molecular complexity index is 402. The summed E-state index contributed by atoms with van der Waals surface area (Å²) in [7, 11) is 0. The number of nitrogens with zero attached hydrogens (tertiary/aromatic N) is 2. The third-order valence-electron chi connectivity index (χ3n) is 2.70. The molecular weight excluding hydrogens is 255 g/mol. The van der Waals surface area contributed by atoms with Crippen molar-refractivity contribution >= 4 is 17.4 Å². The lowest BCUT2D eigenvalue weighted by Crippen LogP contribution is -2.17. The molecule has 3 nitrogen and oxygen atoms in total. The molecule has 1 aromatic heterocycles. The predicted octanol–water partition coefficient (Wildman–Crippen LogP) is 3.50. The fourth-order valence-electron chi connectivity index (χ4n) is 1.92. The zero-order chi connectivity index (χ0) is 12.5. The van der Waals surface area contributed by atoms with Gasteiger partial charge in [-0.1, -0.05) is 12.8 Å². The van der Waals surface area contributed by atoms with E-state index in [2.05, 4.69) is 15.3 Å². The molecule has 0 aliphatic heterocycles. The van der Waals surface area contributed by atoms with Crippen LogP contribution >= 0.6 is 11.6 Å². The van der Waals surface area contributed by atoms with Crippen molar-refractivity contribution in [1.82, 2.24) is 9.97 Å². The number of nitrogens with one attached hydrogen (secondary N) is 1. The lowest BCUT2D eigenvalue weighted by Gasteiger charge is -2.14. The minimum Gasteiger partial charge on any atom is -0.367 e. The molecule has 0 saturated heterocycles. The summed E-state index contributed by atoms with van der Waals surface area (Å²) < 4.78 is 37.5. The SMILES string of the molecule is FC(F)(F)c1cc(NC2CCCC2)nc(Cl)n1. The molecule has 0 unspecified atom stereocenters. The van der Waals surface area contributed by atoms with Crippen LogP contribution in [0.1, 0.15) is 31.4 Å². The molecule has 0 bridgehead atoms. The van der Waals surface area contributed by atoms with Crippen LogP contribution in [0.25, 0.3) is 0 Å². The Kier molecular flexibility index (Phi) is 3.42. The normalized spacial score (nSPS) is 17.4. The van der Waals surface area contributed by atoms with Crippen molar-refractivity contribution in [3.05, 3.63) is 17.0 Å². The van der Waals surface area contributed by atoms with Gasteiger partial charge in [0.15, 0.2) is 5.69 Å². The topological polar surface area (TPSA) is 37.8 Å². The van der Waals surface area contributed by atoms with Crippen LogP contribution in [-0.4, -0.2) is 16.0 Å². The van der Waals surface area contributed by atoms with Gasteiger partial charge in [-0.3, -0.25) is 0 Å². The van der Waals surface area contributed by atoms with Gasteiger partial charge in [0.25, 0.3) is 0 Å². The van der Waals surface area contributed by atoms with Crippen molar-refractivity contribution < 1.29 is 13.2 Å². The maximum Gasteiger partial charge on any atom is 0.433 e. The Morgan fingerprint density at radius 1 is 1.24 bits per heavy atom. The van der Waals surface area contributed by atoms with Gasteiger partial charge in [0.1, 0.15) is 5.82 Å². The van der Waals surface area contributed by atoms with Gasteiger partial charge in [0.2, 0.25) is 5.28 Å². The molecular formula is C10H11ClF3N3. The number of halogens is 4. The molecule has 94 valence electrons. The summed E-state index contributed by atoms with van der Waals surface area (Å²) in [5.41, 5.74) is -1.02. The van der Waals surface area contributed by atoms with Crippen molar-refractivity contribution in [2.45, 2.75) is 37.9 Å². The third kappa shape index (κ3) is 3.21. The summed E-state index contributed by atoms with van der Waals surface area (Å²) in [6.45, 7) is 0. The van der Waals surface area contributed by atoms with Gasteiger partial charge in [0.05, 0.1) is 0 Å². The van der Waals surface area contributed by atoms with Crippen LogP contribution in [0.2, 0.25) is 5.28 Å². The number of aromatic nitrogens is 2. The number of hydrogen-bond donors (Lipinski definition) is 1. The Morgan fingerprint density at radius 2 is 1.88 bits per heavy atom. The van der Waals surface area contributed by atoms with E-state index in [4.69, 9.17) is 11.6 Å². The second-order valence-corrected chi connectivity index (χ2v) is 4.37. The van der Waals surface area contributed by atoms with E-state index >= 15 is 0 Å². The summed E-state index contributed by atoms with van der Waals surface area (Å²) in [6, 6.07) is 1.08. The molecule has 0 radical (unpaired) electrons. The predicted molar refractivity (Wildman–Crippen MR) is 57.9 cm³/mol. The Balaban J connectivity index is 2.19. The fraction of sp³-hybridized carbons (Fsp3) is 0.600. The van der Waals surface area contributed by atoms with Crippen LogP contribution in [0.15, 0.2) is 6.07 Å². The summed E-state index contributed by atoms with van der Waals surface area (Å²) in [4.78, 5) is 6.92. The first kappa shape index (κ1) is 12.4. The van der Waals surface area contributed by atoms with Crippen LogP contribution < -0.4 is 5.32 Å². The minimum absolute atomic E-state index is 0.143. The molecule has 0 aromatic carbocycles. The summed E-state index contributed by atoms with van der Waals surface area (Å²) in [6.07, 6.45) is -0.435. The fourth-order valence-corrected chi connectivity index (χ4v) is 2.10. The van der Waals surface area contributed by atoms with Gasteiger partial charge in [0, 0.05) is 12.1 Å². The summed E-state index contributed by atoms with van der Waals surface area (Å²) >= 11 is 5.48. The van der Waals surface area contributed by atoms with Crippen LogP contribution in [0.5, 0.6) is 0 Å². The van der Waals surface area contributed by atoms with Crippen LogP contribution in [-0.2, 0) is 6.18 Å². The van der Waals surface area contributed by atoms with Gasteiger partial charge in [-0.15, -0.1) is 0 Å². The number of anilines is 1. The standard InChI is InChI=1S/C10H11ClF3N3/c11-9-16-7(10(12,13)14)5-8(17-9)15-6-3-1-2-4-6/h5-6H,1-4H2,(H,15,16,17). The highest BCUT2D eigenvalue weighted by Crippen LogP contribution is 2.30. The van der Waals surface area contributed by atoms with Crippen molar-refractivity contribution in [3.63, 3.8) is 0 Å². The molecule has 1 aromatic rings. The molecule has 1 aliphatic rings. The molecule has 1 aliphatic carbocycles. The zero-order valence-corrected chi connectivity index (χ0v) is 9.65. The van der Waals surface area contributed by atoms with E-state index < -0.39 is 11.9 Å². The highest BCUT2D eigenvalue weighted by molar-refractivity contribution is 6.28. The van der Waals surface area contributed by atoms with Gasteiger partial charge in [-0.2, -0.15) is 13.2 Å². The van der Waals surface area contributed by atoms with Gasteiger partial charge in [-0.05, 0) is 24.4 Å². The Morgan fingerprint density at radius 3 is 2.47 bits per heavy atom. The Labute approximate surface area is 101 Å².